The molecule has 1 spiro atoms. The molecule has 3 aliphatic rings. The van der Waals surface area contributed by atoms with Crippen LogP contribution in [-0.4, -0.2) is 51.8 Å². The molecule has 3 heterocycles. The van der Waals surface area contributed by atoms with Crippen molar-refractivity contribution in [1.29, 1.82) is 0 Å². The highest BCUT2D eigenvalue weighted by atomic mass is 16.2. The van der Waals surface area contributed by atoms with Crippen LogP contribution in [0.1, 0.15) is 49.0 Å². The van der Waals surface area contributed by atoms with Gasteiger partial charge in [0.2, 0.25) is 5.91 Å². The molecule has 2 aromatic rings. The maximum absolute atomic E-state index is 13.3. The van der Waals surface area contributed by atoms with E-state index in [0.29, 0.717) is 24.6 Å². The molecule has 136 valence electrons. The maximum Gasteiger partial charge on any atom is 0.270 e. The lowest BCUT2D eigenvalue weighted by Crippen LogP contribution is -2.56. The van der Waals surface area contributed by atoms with E-state index in [0.717, 1.165) is 43.3 Å². The number of carbonyl (C=O) groups excluding carboxylic acids is 2. The normalized spacial score (nSPS) is 26.2. The summed E-state index contributed by atoms with van der Waals surface area (Å²) in [6, 6.07) is 9.91. The van der Waals surface area contributed by atoms with E-state index in [2.05, 4.69) is 4.98 Å². The number of para-hydroxylation sites is 1. The molecule has 3 fully saturated rings. The lowest BCUT2D eigenvalue weighted by Gasteiger charge is -2.44. The number of hydrogen-bond donors (Lipinski definition) is 1. The van der Waals surface area contributed by atoms with Crippen LogP contribution in [0, 0.1) is 5.92 Å². The fourth-order valence-corrected chi connectivity index (χ4v) is 4.77. The summed E-state index contributed by atoms with van der Waals surface area (Å²) in [5, 5.41) is 1.06. The van der Waals surface area contributed by atoms with Gasteiger partial charge >= 0.3 is 0 Å². The van der Waals surface area contributed by atoms with Gasteiger partial charge in [-0.25, -0.2) is 0 Å². The Morgan fingerprint density at radius 1 is 1.23 bits per heavy atom. The highest BCUT2D eigenvalue weighted by Gasteiger charge is 2.50. The van der Waals surface area contributed by atoms with E-state index < -0.39 is 0 Å². The topological polar surface area (TPSA) is 56.4 Å². The van der Waals surface area contributed by atoms with Crippen LogP contribution in [0.5, 0.6) is 0 Å². The fourth-order valence-electron chi connectivity index (χ4n) is 4.77. The van der Waals surface area contributed by atoms with E-state index in [1.165, 1.54) is 12.8 Å². The van der Waals surface area contributed by atoms with Gasteiger partial charge in [-0.15, -0.1) is 0 Å². The van der Waals surface area contributed by atoms with Crippen LogP contribution in [0.2, 0.25) is 0 Å². The third kappa shape index (κ3) is 2.61. The Hall–Kier alpha value is -2.30. The van der Waals surface area contributed by atoms with Crippen molar-refractivity contribution in [2.45, 2.75) is 44.1 Å². The molecule has 1 aromatic carbocycles. The average Bonchev–Trinajstić information content (AvgIpc) is 3.26. The molecule has 0 bridgehead atoms. The summed E-state index contributed by atoms with van der Waals surface area (Å²) in [6.07, 6.45) is 6.03. The summed E-state index contributed by atoms with van der Waals surface area (Å²) in [5.41, 5.74) is 1.32. The number of rotatable bonds is 3. The van der Waals surface area contributed by atoms with Gasteiger partial charge in [0.15, 0.2) is 0 Å². The van der Waals surface area contributed by atoms with Crippen molar-refractivity contribution in [1.82, 2.24) is 14.8 Å². The van der Waals surface area contributed by atoms with E-state index in [1.807, 2.05) is 40.1 Å². The maximum atomic E-state index is 13.3. The first kappa shape index (κ1) is 15.9. The van der Waals surface area contributed by atoms with Crippen LogP contribution in [0.15, 0.2) is 30.3 Å². The van der Waals surface area contributed by atoms with Gasteiger partial charge in [0.25, 0.3) is 5.91 Å². The monoisotopic (exact) mass is 351 g/mol. The van der Waals surface area contributed by atoms with E-state index in [4.69, 9.17) is 0 Å². The summed E-state index contributed by atoms with van der Waals surface area (Å²) in [5.74, 6) is 0.964. The van der Waals surface area contributed by atoms with E-state index in [1.54, 1.807) is 0 Å². The van der Waals surface area contributed by atoms with Gasteiger partial charge in [0, 0.05) is 30.5 Å². The van der Waals surface area contributed by atoms with Crippen LogP contribution in [0.3, 0.4) is 0 Å². The number of nitrogens with one attached hydrogen (secondary N) is 1. The number of nitrogens with zero attached hydrogens (tertiary/aromatic N) is 2. The lowest BCUT2D eigenvalue weighted by atomic mass is 9.85. The van der Waals surface area contributed by atoms with Crippen molar-refractivity contribution >= 4 is 22.7 Å². The van der Waals surface area contributed by atoms with E-state index in [-0.39, 0.29) is 17.4 Å². The van der Waals surface area contributed by atoms with Gasteiger partial charge in [-0.3, -0.25) is 9.59 Å². The summed E-state index contributed by atoms with van der Waals surface area (Å²) in [6.45, 7) is 2.35. The first-order valence-electron chi connectivity index (χ1n) is 9.82. The second-order valence-corrected chi connectivity index (χ2v) is 8.30. The average molecular weight is 351 g/mol. The van der Waals surface area contributed by atoms with Crippen molar-refractivity contribution in [3.05, 3.63) is 36.0 Å². The smallest absolute Gasteiger partial charge is 0.270 e. The summed E-state index contributed by atoms with van der Waals surface area (Å²) >= 11 is 0. The number of aromatic amines is 1. The Bertz CT molecular complexity index is 836. The van der Waals surface area contributed by atoms with E-state index >= 15 is 0 Å². The second-order valence-electron chi connectivity index (χ2n) is 8.30. The number of fused-ring (bicyclic) bond motifs is 1. The first-order chi connectivity index (χ1) is 12.6. The van der Waals surface area contributed by atoms with Crippen molar-refractivity contribution < 1.29 is 9.59 Å². The summed E-state index contributed by atoms with van der Waals surface area (Å²) in [7, 11) is 0. The largest absolute Gasteiger partial charge is 0.351 e. The molecule has 5 heteroatoms. The quantitative estimate of drug-likeness (QED) is 0.923. The molecule has 2 aliphatic heterocycles. The number of piperidine rings is 1. The SMILES string of the molecule is O=C1C[C@]2(CCCCN2C(=O)c2cc3ccccc3[nH]2)CN1CC1CC1. The summed E-state index contributed by atoms with van der Waals surface area (Å²) in [4.78, 5) is 33.3. The first-order valence-corrected chi connectivity index (χ1v) is 9.82. The van der Waals surface area contributed by atoms with Gasteiger partial charge < -0.3 is 14.8 Å². The third-order valence-electron chi connectivity index (χ3n) is 6.35. The number of likely N-dealkylation sites (tertiary alicyclic amines) is 2. The highest BCUT2D eigenvalue weighted by molar-refractivity contribution is 5.99. The molecular formula is C21H25N3O2. The molecular weight excluding hydrogens is 326 g/mol. The molecule has 0 radical (unpaired) electrons. The number of H-pyrrole nitrogens is 1. The molecule has 5 nitrogen and oxygen atoms in total. The molecule has 2 amide bonds. The lowest BCUT2D eigenvalue weighted by molar-refractivity contribution is -0.128. The molecule has 1 aliphatic carbocycles. The van der Waals surface area contributed by atoms with Crippen molar-refractivity contribution in [3.8, 4) is 0 Å². The van der Waals surface area contributed by atoms with Crippen molar-refractivity contribution in [3.63, 3.8) is 0 Å². The highest BCUT2D eigenvalue weighted by Crippen LogP contribution is 2.40. The number of amides is 2. The molecule has 1 N–H and O–H groups in total. The molecule has 2 saturated heterocycles. The molecule has 1 atom stereocenters. The second kappa shape index (κ2) is 5.86. The van der Waals surface area contributed by atoms with Crippen LogP contribution in [0.4, 0.5) is 0 Å². The van der Waals surface area contributed by atoms with Crippen LogP contribution >= 0.6 is 0 Å². The van der Waals surface area contributed by atoms with Crippen LogP contribution < -0.4 is 0 Å². The predicted molar refractivity (Wildman–Crippen MR) is 99.8 cm³/mol. The van der Waals surface area contributed by atoms with Gasteiger partial charge in [0.1, 0.15) is 5.69 Å². The number of benzene rings is 1. The van der Waals surface area contributed by atoms with Gasteiger partial charge in [-0.05, 0) is 50.2 Å². The minimum Gasteiger partial charge on any atom is -0.351 e. The van der Waals surface area contributed by atoms with Crippen LogP contribution in [-0.2, 0) is 4.79 Å². The fraction of sp³-hybridized carbons (Fsp3) is 0.524. The standard InChI is InChI=1S/C21H25N3O2/c25-19-12-21(14-23(19)13-15-7-8-15)9-3-4-10-24(21)20(26)18-11-16-5-1-2-6-17(16)22-18/h1-2,5-6,11,15,22H,3-4,7-10,12-14H2/t21-/m1/s1. The zero-order chi connectivity index (χ0) is 17.7. The zero-order valence-corrected chi connectivity index (χ0v) is 15.0. The molecule has 26 heavy (non-hydrogen) atoms. The third-order valence-corrected chi connectivity index (χ3v) is 6.35. The number of hydrogen-bond acceptors (Lipinski definition) is 2. The van der Waals surface area contributed by atoms with Gasteiger partial charge in [0.05, 0.1) is 12.0 Å². The minimum absolute atomic E-state index is 0.0435. The Kier molecular flexibility index (Phi) is 3.59. The van der Waals surface area contributed by atoms with Crippen molar-refractivity contribution in [2.75, 3.05) is 19.6 Å². The summed E-state index contributed by atoms with van der Waals surface area (Å²) < 4.78 is 0. The predicted octanol–water partition coefficient (Wildman–Crippen LogP) is 3.18. The molecule has 1 saturated carbocycles. The van der Waals surface area contributed by atoms with Gasteiger partial charge in [-0.2, -0.15) is 0 Å². The van der Waals surface area contributed by atoms with Gasteiger partial charge in [-0.1, -0.05) is 18.2 Å². The zero-order valence-electron chi connectivity index (χ0n) is 15.0. The number of carbonyl (C=O) groups is 2. The van der Waals surface area contributed by atoms with Crippen LogP contribution in [0.25, 0.3) is 10.9 Å². The molecule has 5 rings (SSSR count). The Balaban J connectivity index is 1.44. The van der Waals surface area contributed by atoms with E-state index in [9.17, 15) is 9.59 Å². The van der Waals surface area contributed by atoms with Crippen molar-refractivity contribution in [2.24, 2.45) is 5.92 Å². The number of aromatic nitrogens is 1. The molecule has 1 aromatic heterocycles. The Morgan fingerprint density at radius 2 is 2.08 bits per heavy atom. The minimum atomic E-state index is -0.307. The molecule has 0 unspecified atom stereocenters. The Labute approximate surface area is 153 Å². The Morgan fingerprint density at radius 3 is 2.88 bits per heavy atom.